The lowest BCUT2D eigenvalue weighted by atomic mass is 10.2. The molecule has 0 atom stereocenters. The van der Waals surface area contributed by atoms with Crippen LogP contribution in [0.5, 0.6) is 5.75 Å². The molecular formula is C18H23NOS. The maximum absolute atomic E-state index is 5.74. The topological polar surface area (TPSA) is 35.2 Å². The summed E-state index contributed by atoms with van der Waals surface area (Å²) in [6.07, 6.45) is 1.04. The third-order valence-corrected chi connectivity index (χ3v) is 4.56. The van der Waals surface area contributed by atoms with Crippen LogP contribution >= 0.6 is 11.8 Å². The van der Waals surface area contributed by atoms with Gasteiger partial charge in [-0.15, -0.1) is 11.8 Å². The van der Waals surface area contributed by atoms with Crippen molar-refractivity contribution in [2.75, 3.05) is 12.4 Å². The molecular weight excluding hydrogens is 278 g/mol. The molecule has 3 heteroatoms. The molecule has 2 aromatic rings. The van der Waals surface area contributed by atoms with Crippen molar-refractivity contribution >= 4 is 11.8 Å². The molecule has 0 radical (unpaired) electrons. The van der Waals surface area contributed by atoms with Crippen LogP contribution in [0.4, 0.5) is 0 Å². The lowest BCUT2D eigenvalue weighted by Gasteiger charge is -2.08. The minimum Gasteiger partial charge on any atom is -0.494 e. The predicted molar refractivity (Wildman–Crippen MR) is 91.1 cm³/mol. The first-order chi connectivity index (χ1) is 10.2. The van der Waals surface area contributed by atoms with Crippen molar-refractivity contribution in [2.45, 2.75) is 31.7 Å². The zero-order chi connectivity index (χ0) is 15.1. The van der Waals surface area contributed by atoms with Gasteiger partial charge in [-0.1, -0.05) is 29.8 Å². The smallest absolute Gasteiger partial charge is 0.119 e. The Morgan fingerprint density at radius 3 is 2.52 bits per heavy atom. The zero-order valence-corrected chi connectivity index (χ0v) is 13.6. The van der Waals surface area contributed by atoms with E-state index in [1.165, 1.54) is 16.0 Å². The van der Waals surface area contributed by atoms with Gasteiger partial charge in [-0.2, -0.15) is 0 Å². The van der Waals surface area contributed by atoms with Gasteiger partial charge in [0.15, 0.2) is 0 Å². The van der Waals surface area contributed by atoms with Gasteiger partial charge in [-0.05, 0) is 49.6 Å². The second-order valence-electron chi connectivity index (χ2n) is 5.17. The highest BCUT2D eigenvalue weighted by Crippen LogP contribution is 2.24. The number of benzene rings is 2. The molecule has 21 heavy (non-hydrogen) atoms. The molecule has 2 rings (SSSR count). The minimum atomic E-state index is 0.576. The number of thioether (sulfide) groups is 1. The fraction of sp³-hybridized carbons (Fsp3) is 0.333. The Labute approximate surface area is 131 Å². The Balaban J connectivity index is 1.71. The van der Waals surface area contributed by atoms with Crippen molar-refractivity contribution in [1.82, 2.24) is 0 Å². The van der Waals surface area contributed by atoms with Crippen LogP contribution in [0.3, 0.4) is 0 Å². The monoisotopic (exact) mass is 301 g/mol. The van der Waals surface area contributed by atoms with Gasteiger partial charge >= 0.3 is 0 Å². The standard InChI is InChI=1S/C18H23NOS/c1-14-4-5-15(2)18(12-14)21-11-3-10-20-17-8-6-16(13-19)7-9-17/h4-9,12H,3,10-11,13,19H2,1-2H3. The van der Waals surface area contributed by atoms with Crippen LogP contribution in [-0.2, 0) is 6.54 Å². The van der Waals surface area contributed by atoms with E-state index in [1.54, 1.807) is 0 Å². The van der Waals surface area contributed by atoms with Crippen LogP contribution in [0.2, 0.25) is 0 Å². The number of hydrogen-bond acceptors (Lipinski definition) is 3. The fourth-order valence-corrected chi connectivity index (χ4v) is 3.06. The highest BCUT2D eigenvalue weighted by molar-refractivity contribution is 7.99. The van der Waals surface area contributed by atoms with E-state index in [0.29, 0.717) is 6.54 Å². The predicted octanol–water partition coefficient (Wildman–Crippen LogP) is 4.32. The summed E-state index contributed by atoms with van der Waals surface area (Å²) in [7, 11) is 0. The molecule has 0 amide bonds. The number of ether oxygens (including phenoxy) is 1. The summed E-state index contributed by atoms with van der Waals surface area (Å²) in [4.78, 5) is 1.38. The van der Waals surface area contributed by atoms with E-state index >= 15 is 0 Å². The lowest BCUT2D eigenvalue weighted by Crippen LogP contribution is -2.00. The van der Waals surface area contributed by atoms with Gasteiger partial charge in [0.1, 0.15) is 5.75 Å². The molecule has 2 nitrogen and oxygen atoms in total. The van der Waals surface area contributed by atoms with Crippen molar-refractivity contribution in [3.05, 3.63) is 59.2 Å². The summed E-state index contributed by atoms with van der Waals surface area (Å²) in [5, 5.41) is 0. The van der Waals surface area contributed by atoms with Gasteiger partial charge in [0.05, 0.1) is 6.61 Å². The van der Waals surface area contributed by atoms with Gasteiger partial charge in [-0.3, -0.25) is 0 Å². The largest absolute Gasteiger partial charge is 0.494 e. The molecule has 0 spiro atoms. The Morgan fingerprint density at radius 2 is 1.81 bits per heavy atom. The Hall–Kier alpha value is -1.45. The van der Waals surface area contributed by atoms with Crippen LogP contribution < -0.4 is 10.5 Å². The maximum Gasteiger partial charge on any atom is 0.119 e. The van der Waals surface area contributed by atoms with Gasteiger partial charge in [0.2, 0.25) is 0 Å². The Kier molecular flexibility index (Phi) is 6.15. The van der Waals surface area contributed by atoms with E-state index in [-0.39, 0.29) is 0 Å². The van der Waals surface area contributed by atoms with E-state index in [0.717, 1.165) is 30.1 Å². The number of aryl methyl sites for hydroxylation is 2. The third kappa shape index (κ3) is 5.10. The van der Waals surface area contributed by atoms with Gasteiger partial charge in [0.25, 0.3) is 0 Å². The van der Waals surface area contributed by atoms with E-state index in [4.69, 9.17) is 10.5 Å². The average Bonchev–Trinajstić information content (AvgIpc) is 2.51. The van der Waals surface area contributed by atoms with E-state index in [2.05, 4.69) is 32.0 Å². The van der Waals surface area contributed by atoms with Gasteiger partial charge < -0.3 is 10.5 Å². The first kappa shape index (κ1) is 15.9. The summed E-state index contributed by atoms with van der Waals surface area (Å²) in [5.74, 6) is 1.99. The quantitative estimate of drug-likeness (QED) is 0.611. The summed E-state index contributed by atoms with van der Waals surface area (Å²) in [5.41, 5.74) is 9.38. The maximum atomic E-state index is 5.74. The van der Waals surface area contributed by atoms with Gasteiger partial charge in [0, 0.05) is 17.2 Å². The van der Waals surface area contributed by atoms with E-state index in [1.807, 2.05) is 36.0 Å². The molecule has 2 N–H and O–H groups in total. The summed E-state index contributed by atoms with van der Waals surface area (Å²) in [6, 6.07) is 14.6. The van der Waals surface area contributed by atoms with Crippen LogP contribution in [0.1, 0.15) is 23.1 Å². The number of rotatable bonds is 7. The molecule has 2 aromatic carbocycles. The van der Waals surface area contributed by atoms with E-state index < -0.39 is 0 Å². The van der Waals surface area contributed by atoms with Crippen LogP contribution in [0.15, 0.2) is 47.4 Å². The summed E-state index contributed by atoms with van der Waals surface area (Å²) < 4.78 is 5.74. The number of hydrogen-bond donors (Lipinski definition) is 1. The molecule has 0 aliphatic rings. The molecule has 0 aliphatic heterocycles. The van der Waals surface area contributed by atoms with Gasteiger partial charge in [-0.25, -0.2) is 0 Å². The van der Waals surface area contributed by atoms with Crippen LogP contribution in [0, 0.1) is 13.8 Å². The second-order valence-corrected chi connectivity index (χ2v) is 6.30. The lowest BCUT2D eigenvalue weighted by molar-refractivity contribution is 0.318. The third-order valence-electron chi connectivity index (χ3n) is 3.32. The van der Waals surface area contributed by atoms with Crippen molar-refractivity contribution in [3.8, 4) is 5.75 Å². The molecule has 0 aliphatic carbocycles. The molecule has 0 saturated carbocycles. The second kappa shape index (κ2) is 8.11. The SMILES string of the molecule is Cc1ccc(C)c(SCCCOc2ccc(CN)cc2)c1. The molecule has 0 aromatic heterocycles. The first-order valence-electron chi connectivity index (χ1n) is 7.31. The normalized spacial score (nSPS) is 10.6. The first-order valence-corrected chi connectivity index (χ1v) is 8.29. The highest BCUT2D eigenvalue weighted by atomic mass is 32.2. The Morgan fingerprint density at radius 1 is 1.05 bits per heavy atom. The number of nitrogens with two attached hydrogens (primary N) is 1. The molecule has 0 fully saturated rings. The molecule has 0 saturated heterocycles. The minimum absolute atomic E-state index is 0.576. The molecule has 0 unspecified atom stereocenters. The van der Waals surface area contributed by atoms with E-state index in [9.17, 15) is 0 Å². The Bertz CT molecular complexity index is 566. The van der Waals surface area contributed by atoms with Crippen molar-refractivity contribution < 1.29 is 4.74 Å². The van der Waals surface area contributed by atoms with Crippen LogP contribution in [-0.4, -0.2) is 12.4 Å². The fourth-order valence-electron chi connectivity index (χ4n) is 2.02. The van der Waals surface area contributed by atoms with Crippen molar-refractivity contribution in [2.24, 2.45) is 5.73 Å². The summed E-state index contributed by atoms with van der Waals surface area (Å²) in [6.45, 7) is 5.63. The zero-order valence-electron chi connectivity index (χ0n) is 12.8. The molecule has 0 heterocycles. The molecule has 112 valence electrons. The van der Waals surface area contributed by atoms with Crippen molar-refractivity contribution in [3.63, 3.8) is 0 Å². The average molecular weight is 301 g/mol. The summed E-state index contributed by atoms with van der Waals surface area (Å²) >= 11 is 1.91. The molecule has 0 bridgehead atoms. The van der Waals surface area contributed by atoms with Crippen molar-refractivity contribution in [1.29, 1.82) is 0 Å². The van der Waals surface area contributed by atoms with Crippen LogP contribution in [0.25, 0.3) is 0 Å². The highest BCUT2D eigenvalue weighted by Gasteiger charge is 2.00.